The number of carbonyl (C=O) groups excluding carboxylic acids is 1. The largest absolute Gasteiger partial charge is 0.605 e. The molecule has 8 heteroatoms. The molecule has 1 aliphatic rings. The maximum atomic E-state index is 12.2. The lowest BCUT2D eigenvalue weighted by molar-refractivity contribution is -0.833. The van der Waals surface area contributed by atoms with Crippen LogP contribution in [0.2, 0.25) is 0 Å². The number of carbonyl (C=O) groups is 1. The van der Waals surface area contributed by atoms with E-state index in [2.05, 4.69) is 16.0 Å². The minimum absolute atomic E-state index is 0.112. The second-order valence-electron chi connectivity index (χ2n) is 5.72. The second-order valence-corrected chi connectivity index (χ2v) is 5.72. The lowest BCUT2D eigenvalue weighted by Gasteiger charge is -2.25. The fraction of sp³-hybridized carbons (Fsp3) is 0.111. The van der Waals surface area contributed by atoms with Gasteiger partial charge < -0.3 is 11.1 Å². The van der Waals surface area contributed by atoms with Gasteiger partial charge in [-0.05, 0) is 31.1 Å². The minimum atomic E-state index is -0.505. The van der Waals surface area contributed by atoms with Crippen LogP contribution in [0.25, 0.3) is 5.32 Å². The lowest BCUT2D eigenvalue weighted by atomic mass is 10.1. The van der Waals surface area contributed by atoms with E-state index < -0.39 is 5.97 Å². The van der Waals surface area contributed by atoms with Crippen molar-refractivity contribution >= 4 is 17.5 Å². The summed E-state index contributed by atoms with van der Waals surface area (Å²) in [5, 5.41) is 8.17. The highest BCUT2D eigenvalue weighted by Gasteiger charge is 2.18. The fourth-order valence-electron chi connectivity index (χ4n) is 2.26. The van der Waals surface area contributed by atoms with Crippen LogP contribution in [0.1, 0.15) is 21.5 Å². The van der Waals surface area contributed by atoms with Crippen LogP contribution in [-0.2, 0) is 9.78 Å². The number of hydrogen-bond donors (Lipinski definition) is 3. The average molecular weight is 353 g/mol. The van der Waals surface area contributed by atoms with Gasteiger partial charge in [-0.15, -0.1) is 11.2 Å². The van der Waals surface area contributed by atoms with Gasteiger partial charge in [-0.25, -0.2) is 4.79 Å². The van der Waals surface area contributed by atoms with Crippen molar-refractivity contribution in [2.24, 2.45) is 10.9 Å². The Bertz CT molecular complexity index is 878. The summed E-state index contributed by atoms with van der Waals surface area (Å²) in [5.41, 5.74) is 13.1. The highest BCUT2D eigenvalue weighted by Crippen LogP contribution is 2.27. The Morgan fingerprint density at radius 3 is 2.69 bits per heavy atom. The summed E-state index contributed by atoms with van der Waals surface area (Å²) in [6.45, 7) is 3.91. The van der Waals surface area contributed by atoms with Gasteiger partial charge in [0.05, 0.1) is 5.56 Å². The van der Waals surface area contributed by atoms with E-state index in [0.29, 0.717) is 17.1 Å². The van der Waals surface area contributed by atoms with Gasteiger partial charge in [-0.2, -0.15) is 5.48 Å². The molecule has 0 unspecified atom stereocenters. The molecule has 1 heterocycles. The molecule has 0 radical (unpaired) electrons. The van der Waals surface area contributed by atoms with Gasteiger partial charge in [0.1, 0.15) is 5.82 Å². The number of oxime groups is 1. The Balaban J connectivity index is 1.82. The molecule has 5 N–H and O–H groups in total. The third-order valence-corrected chi connectivity index (χ3v) is 3.70. The zero-order chi connectivity index (χ0) is 18.5. The van der Waals surface area contributed by atoms with E-state index in [1.165, 1.54) is 5.48 Å². The molecule has 1 aliphatic heterocycles. The molecule has 0 atom stereocenters. The molecule has 2 aromatic carbocycles. The highest BCUT2D eigenvalue weighted by atomic mass is 16.8. The smallest absolute Gasteiger partial charge is 0.397 e. The van der Waals surface area contributed by atoms with Crippen molar-refractivity contribution in [1.82, 2.24) is 5.48 Å². The van der Waals surface area contributed by atoms with Crippen molar-refractivity contribution in [3.05, 3.63) is 82.1 Å². The molecular formula is C18H19N5O3. The second kappa shape index (κ2) is 7.58. The Kier molecular flexibility index (Phi) is 5.04. The van der Waals surface area contributed by atoms with Crippen LogP contribution in [0.5, 0.6) is 0 Å². The van der Waals surface area contributed by atoms with Gasteiger partial charge in [-0.3, -0.25) is 9.78 Å². The number of rotatable bonds is 5. The predicted octanol–water partition coefficient (Wildman–Crippen LogP) is 1.62. The molecule has 134 valence electrons. The highest BCUT2D eigenvalue weighted by molar-refractivity contribution is 5.97. The predicted molar refractivity (Wildman–Crippen MR) is 95.6 cm³/mol. The number of aryl methyl sites for hydroxylation is 2. The van der Waals surface area contributed by atoms with E-state index >= 15 is 0 Å². The van der Waals surface area contributed by atoms with E-state index in [1.54, 1.807) is 24.3 Å². The van der Waals surface area contributed by atoms with E-state index in [0.717, 1.165) is 16.8 Å². The van der Waals surface area contributed by atoms with Gasteiger partial charge in [0.25, 0.3) is 0 Å². The average Bonchev–Trinajstić information content (AvgIpc) is 3.07. The summed E-state index contributed by atoms with van der Waals surface area (Å²) in [5.74, 6) is -0.0999. The number of hydrogen-bond acceptors (Lipinski definition) is 6. The van der Waals surface area contributed by atoms with Crippen LogP contribution in [0.4, 0.5) is 5.69 Å². The van der Waals surface area contributed by atoms with Crippen LogP contribution < -0.4 is 16.7 Å². The monoisotopic (exact) mass is 353 g/mol. The third-order valence-electron chi connectivity index (χ3n) is 3.70. The summed E-state index contributed by atoms with van der Waals surface area (Å²) in [6.07, 6.45) is 0. The molecule has 0 fully saturated rings. The van der Waals surface area contributed by atoms with Crippen LogP contribution >= 0.6 is 0 Å². The maximum absolute atomic E-state index is 12.2. The summed E-state index contributed by atoms with van der Waals surface area (Å²) in [4.78, 5) is 22.2. The number of hydroxylamine groups is 2. The first-order valence-electron chi connectivity index (χ1n) is 7.93. The molecule has 0 saturated heterocycles. The van der Waals surface area contributed by atoms with Crippen molar-refractivity contribution in [3.8, 4) is 0 Å². The molecule has 2 aromatic rings. The summed E-state index contributed by atoms with van der Waals surface area (Å²) in [6, 6.07) is 14.5. The zero-order valence-corrected chi connectivity index (χ0v) is 14.4. The quantitative estimate of drug-likeness (QED) is 0.706. The molecule has 0 bridgehead atoms. The standard InChI is InChI=1S/C18H18N5O3/c1-11-8-9-12(2)14(10-11)20-17(15-16(19)22-26-21-15)23-25-18(24)13-6-4-3-5-7-13/h3-10,21H,1-2H3,(H3-,19,20,22,23)/q-1/p+1. The Hall–Kier alpha value is -3.52. The molecule has 3 rings (SSSR count). The molecule has 0 aliphatic carbocycles. The topological polar surface area (TPSA) is 117 Å². The molecule has 0 aromatic heterocycles. The zero-order valence-electron chi connectivity index (χ0n) is 14.4. The van der Waals surface area contributed by atoms with Gasteiger partial charge in [0, 0.05) is 0 Å². The number of nitrogens with zero attached hydrogens (tertiary/aromatic N) is 2. The minimum Gasteiger partial charge on any atom is -0.605 e. The van der Waals surface area contributed by atoms with Crippen LogP contribution in [0.3, 0.4) is 0 Å². The number of nitrogens with two attached hydrogens (primary N) is 2. The van der Waals surface area contributed by atoms with Crippen LogP contribution in [0.15, 0.2) is 65.2 Å². The normalized spacial score (nSPS) is 14.8. The number of nitrogens with one attached hydrogen (secondary N) is 1. The molecule has 0 amide bonds. The number of benzene rings is 2. The van der Waals surface area contributed by atoms with E-state index in [-0.39, 0.29) is 5.84 Å². The van der Waals surface area contributed by atoms with Gasteiger partial charge >= 0.3 is 5.97 Å². The van der Waals surface area contributed by atoms with E-state index in [9.17, 15) is 4.79 Å². The molecule has 8 nitrogen and oxygen atoms in total. The molecule has 0 saturated carbocycles. The third kappa shape index (κ3) is 3.93. The van der Waals surface area contributed by atoms with E-state index in [1.807, 2.05) is 38.1 Å². The van der Waals surface area contributed by atoms with Crippen molar-refractivity contribution in [1.29, 1.82) is 0 Å². The van der Waals surface area contributed by atoms with Crippen molar-refractivity contribution in [2.75, 3.05) is 0 Å². The SMILES string of the molecule is Cc1ccc(C)c([N-]C([NH2+]OC(=O)c2ccccc2)=C2NON=C2N)c1. The summed E-state index contributed by atoms with van der Waals surface area (Å²) >= 11 is 0. The molecule has 0 spiro atoms. The van der Waals surface area contributed by atoms with Crippen molar-refractivity contribution < 1.29 is 20.1 Å². The molecule has 26 heavy (non-hydrogen) atoms. The van der Waals surface area contributed by atoms with Crippen molar-refractivity contribution in [2.45, 2.75) is 13.8 Å². The Morgan fingerprint density at radius 1 is 1.23 bits per heavy atom. The Labute approximate surface area is 150 Å². The van der Waals surface area contributed by atoms with Gasteiger partial charge in [-0.1, -0.05) is 47.5 Å². The first-order chi connectivity index (χ1) is 12.5. The van der Waals surface area contributed by atoms with Gasteiger partial charge in [0.2, 0.25) is 0 Å². The molecular weight excluding hydrogens is 334 g/mol. The summed E-state index contributed by atoms with van der Waals surface area (Å²) < 4.78 is 0. The lowest BCUT2D eigenvalue weighted by Crippen LogP contribution is -2.82. The van der Waals surface area contributed by atoms with Crippen LogP contribution in [-0.4, -0.2) is 11.8 Å². The van der Waals surface area contributed by atoms with Crippen LogP contribution in [0, 0.1) is 13.8 Å². The summed E-state index contributed by atoms with van der Waals surface area (Å²) in [7, 11) is 0. The maximum Gasteiger partial charge on any atom is 0.397 e. The Morgan fingerprint density at radius 2 is 2.00 bits per heavy atom. The number of quaternary nitrogens is 1. The van der Waals surface area contributed by atoms with Crippen molar-refractivity contribution in [3.63, 3.8) is 0 Å². The first-order valence-corrected chi connectivity index (χ1v) is 7.93. The number of amidine groups is 1. The van der Waals surface area contributed by atoms with E-state index in [4.69, 9.17) is 15.5 Å². The first kappa shape index (κ1) is 17.3. The van der Waals surface area contributed by atoms with Gasteiger partial charge in [0.15, 0.2) is 11.5 Å². The fourth-order valence-corrected chi connectivity index (χ4v) is 2.26.